The summed E-state index contributed by atoms with van der Waals surface area (Å²) in [4.78, 5) is 0. The van der Waals surface area contributed by atoms with Crippen molar-refractivity contribution in [2.75, 3.05) is 17.6 Å². The zero-order chi connectivity index (χ0) is 9.47. The third-order valence-electron chi connectivity index (χ3n) is 2.08. The lowest BCUT2D eigenvalue weighted by atomic mass is 10.4. The molecule has 1 N–H and O–H groups in total. The molecule has 1 aromatic rings. The summed E-state index contributed by atoms with van der Waals surface area (Å²) in [5.74, 6) is 0.201. The van der Waals surface area contributed by atoms with Gasteiger partial charge < -0.3 is 5.32 Å². The van der Waals surface area contributed by atoms with Gasteiger partial charge in [0.05, 0.1) is 17.6 Å². The Kier molecular flexibility index (Phi) is 1.80. The normalized spacial score (nSPS) is 20.1. The summed E-state index contributed by atoms with van der Waals surface area (Å²) in [6.45, 7) is 0.692. The number of rotatable bonds is 0. The molecule has 0 aromatic carbocycles. The van der Waals surface area contributed by atoms with Crippen LogP contribution in [0.15, 0.2) is 11.2 Å². The zero-order valence-electron chi connectivity index (χ0n) is 7.32. The van der Waals surface area contributed by atoms with Crippen molar-refractivity contribution in [3.63, 3.8) is 0 Å². The first kappa shape index (κ1) is 8.55. The second-order valence-electron chi connectivity index (χ2n) is 3.09. The molecule has 0 radical (unpaired) electrons. The van der Waals surface area contributed by atoms with Crippen LogP contribution in [0, 0.1) is 0 Å². The molecule has 1 aromatic heterocycles. The zero-order valence-corrected chi connectivity index (χ0v) is 8.13. The van der Waals surface area contributed by atoms with E-state index in [-0.39, 0.29) is 5.75 Å². The Morgan fingerprint density at radius 2 is 2.38 bits per heavy atom. The Morgan fingerprint density at radius 1 is 1.62 bits per heavy atom. The van der Waals surface area contributed by atoms with Crippen molar-refractivity contribution < 1.29 is 8.42 Å². The topological polar surface area (TPSA) is 64.0 Å². The maximum absolute atomic E-state index is 11.7. The molecule has 0 aliphatic carbocycles. The van der Waals surface area contributed by atoms with Gasteiger partial charge in [0, 0.05) is 13.6 Å². The third kappa shape index (κ3) is 1.31. The fraction of sp³-hybridized carbons (Fsp3) is 0.571. The van der Waals surface area contributed by atoms with Crippen LogP contribution in [0.4, 0.5) is 5.69 Å². The van der Waals surface area contributed by atoms with Gasteiger partial charge in [0.15, 0.2) is 14.9 Å². The summed E-state index contributed by atoms with van der Waals surface area (Å²) in [6.07, 6.45) is 2.20. The smallest absolute Gasteiger partial charge is 0.197 e. The van der Waals surface area contributed by atoms with Gasteiger partial charge in [-0.05, 0) is 6.42 Å². The number of nitrogens with one attached hydrogen (secondary N) is 1. The van der Waals surface area contributed by atoms with Crippen molar-refractivity contribution in [1.82, 2.24) is 9.78 Å². The van der Waals surface area contributed by atoms with Gasteiger partial charge in [-0.3, -0.25) is 4.68 Å². The molecule has 0 saturated heterocycles. The van der Waals surface area contributed by atoms with Gasteiger partial charge in [-0.25, -0.2) is 8.42 Å². The Morgan fingerprint density at radius 3 is 3.15 bits per heavy atom. The summed E-state index contributed by atoms with van der Waals surface area (Å²) in [7, 11) is -1.49. The number of sulfone groups is 1. The van der Waals surface area contributed by atoms with E-state index in [0.29, 0.717) is 23.7 Å². The molecule has 0 saturated carbocycles. The fourth-order valence-electron chi connectivity index (χ4n) is 1.50. The number of hydrogen-bond acceptors (Lipinski definition) is 4. The first-order valence-electron chi connectivity index (χ1n) is 4.10. The molecule has 2 rings (SSSR count). The maximum atomic E-state index is 11.7. The van der Waals surface area contributed by atoms with Gasteiger partial charge in [0.25, 0.3) is 0 Å². The number of nitrogens with zero attached hydrogens (tertiary/aromatic N) is 2. The largest absolute Gasteiger partial charge is 0.381 e. The van der Waals surface area contributed by atoms with Crippen molar-refractivity contribution in [1.29, 1.82) is 0 Å². The Bertz CT molecular complexity index is 421. The fourth-order valence-corrected chi connectivity index (χ4v) is 3.13. The van der Waals surface area contributed by atoms with E-state index in [4.69, 9.17) is 0 Å². The van der Waals surface area contributed by atoms with Gasteiger partial charge in [-0.2, -0.15) is 5.10 Å². The Balaban J connectivity index is 2.65. The molecule has 5 nitrogen and oxygen atoms in total. The van der Waals surface area contributed by atoms with Crippen LogP contribution < -0.4 is 5.32 Å². The molecule has 0 unspecified atom stereocenters. The molecule has 13 heavy (non-hydrogen) atoms. The minimum absolute atomic E-state index is 0.201. The van der Waals surface area contributed by atoms with Crippen molar-refractivity contribution in [2.45, 2.75) is 11.4 Å². The number of anilines is 1. The molecular weight excluding hydrogens is 190 g/mol. The van der Waals surface area contributed by atoms with Crippen LogP contribution in [0.25, 0.3) is 0 Å². The van der Waals surface area contributed by atoms with Crippen LogP contribution in [0.5, 0.6) is 0 Å². The predicted molar refractivity (Wildman–Crippen MR) is 48.4 cm³/mol. The molecule has 72 valence electrons. The highest BCUT2D eigenvalue weighted by Gasteiger charge is 2.25. The second-order valence-corrected chi connectivity index (χ2v) is 5.11. The lowest BCUT2D eigenvalue weighted by molar-refractivity contribution is 0.578. The minimum atomic E-state index is -3.13. The highest BCUT2D eigenvalue weighted by Crippen LogP contribution is 2.24. The molecule has 2 heterocycles. The van der Waals surface area contributed by atoms with Gasteiger partial charge in [0.2, 0.25) is 0 Å². The third-order valence-corrected chi connectivity index (χ3v) is 3.98. The summed E-state index contributed by atoms with van der Waals surface area (Å²) in [5, 5.41) is 7.26. The van der Waals surface area contributed by atoms with E-state index in [1.54, 1.807) is 13.2 Å². The number of aromatic nitrogens is 2. The average molecular weight is 201 g/mol. The minimum Gasteiger partial charge on any atom is -0.381 e. The standard InChI is InChI=1S/C7H11N3O2S/c1-10-7-6(5-9-10)8-3-2-4-13(7,11)12/h5,8H,2-4H2,1H3. The molecule has 6 heteroatoms. The molecule has 1 aliphatic rings. The van der Waals surface area contributed by atoms with Crippen LogP contribution >= 0.6 is 0 Å². The van der Waals surface area contributed by atoms with E-state index in [2.05, 4.69) is 10.4 Å². The highest BCUT2D eigenvalue weighted by atomic mass is 32.2. The van der Waals surface area contributed by atoms with Gasteiger partial charge in [-0.15, -0.1) is 0 Å². The Labute approximate surface area is 76.7 Å². The van der Waals surface area contributed by atoms with Gasteiger partial charge in [0.1, 0.15) is 0 Å². The highest BCUT2D eigenvalue weighted by molar-refractivity contribution is 7.91. The number of aryl methyl sites for hydroxylation is 1. The summed E-state index contributed by atoms with van der Waals surface area (Å²) in [6, 6.07) is 0. The summed E-state index contributed by atoms with van der Waals surface area (Å²) in [5.41, 5.74) is 0.625. The molecule has 0 bridgehead atoms. The summed E-state index contributed by atoms with van der Waals surface area (Å²) < 4.78 is 24.8. The van der Waals surface area contributed by atoms with E-state index < -0.39 is 9.84 Å². The number of fused-ring (bicyclic) bond motifs is 1. The van der Waals surface area contributed by atoms with Gasteiger partial charge in [-0.1, -0.05) is 0 Å². The SMILES string of the molecule is Cn1ncc2c1S(=O)(=O)CCCN2. The number of hydrogen-bond donors (Lipinski definition) is 1. The van der Waals surface area contributed by atoms with E-state index >= 15 is 0 Å². The van der Waals surface area contributed by atoms with Crippen molar-refractivity contribution >= 4 is 15.5 Å². The second kappa shape index (κ2) is 2.73. The van der Waals surface area contributed by atoms with E-state index in [1.807, 2.05) is 0 Å². The van der Waals surface area contributed by atoms with Crippen LogP contribution in [0.2, 0.25) is 0 Å². The van der Waals surface area contributed by atoms with Crippen LogP contribution in [0.3, 0.4) is 0 Å². The molecular formula is C7H11N3O2S. The summed E-state index contributed by atoms with van der Waals surface area (Å²) >= 11 is 0. The van der Waals surface area contributed by atoms with Crippen LogP contribution in [-0.2, 0) is 16.9 Å². The van der Waals surface area contributed by atoms with E-state index in [9.17, 15) is 8.42 Å². The quantitative estimate of drug-likeness (QED) is 0.642. The molecule has 0 amide bonds. The lowest BCUT2D eigenvalue weighted by Crippen LogP contribution is -2.10. The van der Waals surface area contributed by atoms with Crippen molar-refractivity contribution in [3.8, 4) is 0 Å². The first-order chi connectivity index (χ1) is 6.11. The first-order valence-corrected chi connectivity index (χ1v) is 5.75. The maximum Gasteiger partial charge on any atom is 0.197 e. The van der Waals surface area contributed by atoms with Crippen molar-refractivity contribution in [2.24, 2.45) is 7.05 Å². The molecule has 0 fully saturated rings. The van der Waals surface area contributed by atoms with E-state index in [0.717, 1.165) is 0 Å². The van der Waals surface area contributed by atoms with Crippen LogP contribution in [0.1, 0.15) is 6.42 Å². The monoisotopic (exact) mass is 201 g/mol. The van der Waals surface area contributed by atoms with Gasteiger partial charge >= 0.3 is 0 Å². The van der Waals surface area contributed by atoms with Crippen molar-refractivity contribution in [3.05, 3.63) is 6.20 Å². The molecule has 1 aliphatic heterocycles. The predicted octanol–water partition coefficient (Wildman–Crippen LogP) is 0.00940. The lowest BCUT2D eigenvalue weighted by Gasteiger charge is -2.01. The average Bonchev–Trinajstić information content (AvgIpc) is 2.34. The Hall–Kier alpha value is -1.04. The molecule has 0 atom stereocenters. The van der Waals surface area contributed by atoms with E-state index in [1.165, 1.54) is 4.68 Å². The molecule has 0 spiro atoms. The van der Waals surface area contributed by atoms with Crippen LogP contribution in [-0.4, -0.2) is 30.5 Å².